The Morgan fingerprint density at radius 1 is 1.08 bits per heavy atom. The molecule has 0 radical (unpaired) electrons. The Hall–Kier alpha value is -3.02. The van der Waals surface area contributed by atoms with Gasteiger partial charge in [-0.15, -0.1) is 0 Å². The Kier molecular flexibility index (Phi) is 5.42. The van der Waals surface area contributed by atoms with Crippen LogP contribution < -0.4 is 15.2 Å². The number of aliphatic carboxylic acids is 1. The fraction of sp³-hybridized carbons (Fsp3) is 0.222. The largest absolute Gasteiger partial charge is 0.497 e. The molecule has 1 atom stereocenters. The summed E-state index contributed by atoms with van der Waals surface area (Å²) in [6.07, 6.45) is -0.214. The molecule has 0 aliphatic heterocycles. The van der Waals surface area contributed by atoms with Gasteiger partial charge < -0.3 is 20.3 Å². The van der Waals surface area contributed by atoms with Gasteiger partial charge in [-0.3, -0.25) is 9.59 Å². The minimum absolute atomic E-state index is 0.214. The van der Waals surface area contributed by atoms with E-state index in [4.69, 9.17) is 15.2 Å². The summed E-state index contributed by atoms with van der Waals surface area (Å²) in [4.78, 5) is 23.1. The van der Waals surface area contributed by atoms with Crippen LogP contribution in [0.3, 0.4) is 0 Å². The Labute approximate surface area is 139 Å². The number of primary amides is 1. The van der Waals surface area contributed by atoms with E-state index >= 15 is 0 Å². The van der Waals surface area contributed by atoms with Gasteiger partial charge in [0.05, 0.1) is 20.6 Å². The molecule has 2 aromatic carbocycles. The Morgan fingerprint density at radius 3 is 2.38 bits per heavy atom. The Morgan fingerprint density at radius 2 is 1.79 bits per heavy atom. The average molecular weight is 329 g/mol. The SMILES string of the molecule is COc1ccc(OC)c(C(CC(=O)O)c2ccccc2C(N)=O)c1. The zero-order valence-corrected chi connectivity index (χ0v) is 13.5. The molecular formula is C18H19NO5. The summed E-state index contributed by atoms with van der Waals surface area (Å²) in [5.74, 6) is -1.12. The Bertz CT molecular complexity index is 757. The van der Waals surface area contributed by atoms with Crippen LogP contribution in [0.2, 0.25) is 0 Å². The standard InChI is InChI=1S/C18H19NO5/c1-23-11-7-8-16(24-2)15(9-11)14(10-17(20)21)12-5-3-4-6-13(12)18(19)22/h3-9,14H,10H2,1-2H3,(H2,19,22)(H,20,21). The maximum atomic E-state index is 11.7. The minimum atomic E-state index is -0.996. The number of carboxylic acid groups (broad SMARTS) is 1. The number of methoxy groups -OCH3 is 2. The van der Waals surface area contributed by atoms with Crippen LogP contribution in [-0.4, -0.2) is 31.2 Å². The highest BCUT2D eigenvalue weighted by atomic mass is 16.5. The van der Waals surface area contributed by atoms with E-state index in [9.17, 15) is 14.7 Å². The number of ether oxygens (including phenoxy) is 2. The minimum Gasteiger partial charge on any atom is -0.497 e. The van der Waals surface area contributed by atoms with Gasteiger partial charge >= 0.3 is 5.97 Å². The van der Waals surface area contributed by atoms with Crippen LogP contribution in [0.25, 0.3) is 0 Å². The summed E-state index contributed by atoms with van der Waals surface area (Å²) in [6, 6.07) is 11.8. The van der Waals surface area contributed by atoms with Crippen molar-refractivity contribution < 1.29 is 24.2 Å². The van der Waals surface area contributed by atoms with Crippen molar-refractivity contribution in [2.75, 3.05) is 14.2 Å². The van der Waals surface area contributed by atoms with Gasteiger partial charge in [-0.1, -0.05) is 18.2 Å². The molecule has 0 aromatic heterocycles. The molecule has 0 aliphatic rings. The van der Waals surface area contributed by atoms with E-state index in [0.29, 0.717) is 22.6 Å². The molecular weight excluding hydrogens is 310 g/mol. The quantitative estimate of drug-likeness (QED) is 0.812. The van der Waals surface area contributed by atoms with Crippen LogP contribution in [0.1, 0.15) is 33.8 Å². The van der Waals surface area contributed by atoms with Crippen LogP contribution in [0.4, 0.5) is 0 Å². The lowest BCUT2D eigenvalue weighted by molar-refractivity contribution is -0.137. The van der Waals surface area contributed by atoms with Crippen molar-refractivity contribution in [1.82, 2.24) is 0 Å². The number of hydrogen-bond acceptors (Lipinski definition) is 4. The van der Waals surface area contributed by atoms with Crippen LogP contribution in [0.15, 0.2) is 42.5 Å². The highest BCUT2D eigenvalue weighted by Crippen LogP contribution is 2.38. The molecule has 0 saturated heterocycles. The summed E-state index contributed by atoms with van der Waals surface area (Å²) < 4.78 is 10.6. The van der Waals surface area contributed by atoms with Crippen LogP contribution >= 0.6 is 0 Å². The van der Waals surface area contributed by atoms with Crippen LogP contribution in [-0.2, 0) is 4.79 Å². The first-order chi connectivity index (χ1) is 11.5. The second-order valence-electron chi connectivity index (χ2n) is 5.21. The van der Waals surface area contributed by atoms with E-state index in [1.165, 1.54) is 14.2 Å². The zero-order valence-electron chi connectivity index (χ0n) is 13.5. The smallest absolute Gasteiger partial charge is 0.304 e. The van der Waals surface area contributed by atoms with E-state index in [-0.39, 0.29) is 12.0 Å². The lowest BCUT2D eigenvalue weighted by Crippen LogP contribution is -2.18. The molecule has 6 nitrogen and oxygen atoms in total. The van der Waals surface area contributed by atoms with Gasteiger partial charge in [0, 0.05) is 17.0 Å². The highest BCUT2D eigenvalue weighted by Gasteiger charge is 2.25. The molecule has 0 spiro atoms. The van der Waals surface area contributed by atoms with E-state index in [1.807, 2.05) is 0 Å². The summed E-state index contributed by atoms with van der Waals surface area (Å²) in [5, 5.41) is 9.34. The van der Waals surface area contributed by atoms with Gasteiger partial charge in [0.15, 0.2) is 0 Å². The fourth-order valence-corrected chi connectivity index (χ4v) is 2.70. The number of hydrogen-bond donors (Lipinski definition) is 2. The number of amides is 1. The average Bonchev–Trinajstić information content (AvgIpc) is 2.58. The summed E-state index contributed by atoms with van der Waals surface area (Å²) in [7, 11) is 3.03. The molecule has 0 saturated carbocycles. The van der Waals surface area contributed by atoms with E-state index in [1.54, 1.807) is 42.5 Å². The molecule has 0 aliphatic carbocycles. The third-order valence-electron chi connectivity index (χ3n) is 3.79. The maximum absolute atomic E-state index is 11.7. The Balaban J connectivity index is 2.67. The predicted octanol–water partition coefficient (Wildman–Crippen LogP) is 2.41. The van der Waals surface area contributed by atoms with Gasteiger partial charge in [-0.2, -0.15) is 0 Å². The lowest BCUT2D eigenvalue weighted by Gasteiger charge is -2.21. The van der Waals surface area contributed by atoms with Gasteiger partial charge in [-0.25, -0.2) is 0 Å². The number of benzene rings is 2. The van der Waals surface area contributed by atoms with Crippen molar-refractivity contribution in [3.05, 3.63) is 59.2 Å². The number of carbonyl (C=O) groups is 2. The van der Waals surface area contributed by atoms with E-state index in [2.05, 4.69) is 0 Å². The van der Waals surface area contributed by atoms with Crippen molar-refractivity contribution >= 4 is 11.9 Å². The van der Waals surface area contributed by atoms with E-state index in [0.717, 1.165) is 0 Å². The molecule has 3 N–H and O–H groups in total. The first-order valence-corrected chi connectivity index (χ1v) is 7.30. The maximum Gasteiger partial charge on any atom is 0.304 e. The molecule has 1 amide bonds. The monoisotopic (exact) mass is 329 g/mol. The molecule has 2 aromatic rings. The molecule has 126 valence electrons. The molecule has 24 heavy (non-hydrogen) atoms. The van der Waals surface area contributed by atoms with Gasteiger partial charge in [0.1, 0.15) is 11.5 Å². The molecule has 1 unspecified atom stereocenters. The van der Waals surface area contributed by atoms with Gasteiger partial charge in [-0.05, 0) is 29.8 Å². The second kappa shape index (κ2) is 7.50. The van der Waals surface area contributed by atoms with Crippen molar-refractivity contribution in [2.45, 2.75) is 12.3 Å². The number of nitrogens with two attached hydrogens (primary N) is 1. The van der Waals surface area contributed by atoms with E-state index < -0.39 is 17.8 Å². The first kappa shape index (κ1) is 17.3. The van der Waals surface area contributed by atoms with Gasteiger partial charge in [0.25, 0.3) is 0 Å². The summed E-state index contributed by atoms with van der Waals surface area (Å²) >= 11 is 0. The highest BCUT2D eigenvalue weighted by molar-refractivity contribution is 5.95. The molecule has 0 fully saturated rings. The molecule has 0 bridgehead atoms. The number of rotatable bonds is 7. The molecule has 0 heterocycles. The molecule has 6 heteroatoms. The van der Waals surface area contributed by atoms with Crippen molar-refractivity contribution in [1.29, 1.82) is 0 Å². The number of carboxylic acids is 1. The lowest BCUT2D eigenvalue weighted by atomic mass is 9.85. The van der Waals surface area contributed by atoms with Crippen LogP contribution in [0, 0.1) is 0 Å². The summed E-state index contributed by atoms with van der Waals surface area (Å²) in [5.41, 5.74) is 6.89. The zero-order chi connectivity index (χ0) is 17.7. The fourth-order valence-electron chi connectivity index (χ4n) is 2.70. The summed E-state index contributed by atoms with van der Waals surface area (Å²) in [6.45, 7) is 0. The first-order valence-electron chi connectivity index (χ1n) is 7.30. The van der Waals surface area contributed by atoms with Gasteiger partial charge in [0.2, 0.25) is 5.91 Å². The topological polar surface area (TPSA) is 98.8 Å². The van der Waals surface area contributed by atoms with Crippen molar-refractivity contribution in [2.24, 2.45) is 5.73 Å². The van der Waals surface area contributed by atoms with Crippen LogP contribution in [0.5, 0.6) is 11.5 Å². The third kappa shape index (κ3) is 3.65. The normalized spacial score (nSPS) is 11.6. The second-order valence-corrected chi connectivity index (χ2v) is 5.21. The molecule has 2 rings (SSSR count). The van der Waals surface area contributed by atoms with Crippen molar-refractivity contribution in [3.8, 4) is 11.5 Å². The predicted molar refractivity (Wildman–Crippen MR) is 88.6 cm³/mol. The van der Waals surface area contributed by atoms with Crippen molar-refractivity contribution in [3.63, 3.8) is 0 Å². The number of carbonyl (C=O) groups excluding carboxylic acids is 1. The third-order valence-corrected chi connectivity index (χ3v) is 3.79.